The van der Waals surface area contributed by atoms with Crippen LogP contribution in [0.4, 0.5) is 5.69 Å². The van der Waals surface area contributed by atoms with Crippen LogP contribution in [0.5, 0.6) is 5.75 Å². The molecule has 2 aromatic carbocycles. The molecule has 0 saturated carbocycles. The standard InChI is InChI=1S/C20H23NO2/c1-14-7-3-6-10-19(14)21-20(22)15(2)23-18-12-11-16-8-4-5-9-17(16)13-18/h3,6-7,10-13,15H,4-5,8-9H2,1-2H3,(H,21,22)/t15-/m1/s1. The number of fused-ring (bicyclic) bond motifs is 1. The monoisotopic (exact) mass is 309 g/mol. The molecule has 1 amide bonds. The SMILES string of the molecule is Cc1ccccc1NC(=O)[C@@H](C)Oc1ccc2c(c1)CCCC2. The largest absolute Gasteiger partial charge is 0.481 e. The molecule has 1 atom stereocenters. The third kappa shape index (κ3) is 3.73. The van der Waals surface area contributed by atoms with Gasteiger partial charge in [-0.1, -0.05) is 24.3 Å². The summed E-state index contributed by atoms with van der Waals surface area (Å²) in [5, 5.41) is 2.93. The van der Waals surface area contributed by atoms with Gasteiger partial charge in [-0.25, -0.2) is 0 Å². The second kappa shape index (κ2) is 6.86. The third-order valence-electron chi connectivity index (χ3n) is 4.40. The van der Waals surface area contributed by atoms with Crippen molar-refractivity contribution in [2.24, 2.45) is 0 Å². The topological polar surface area (TPSA) is 38.3 Å². The average molecular weight is 309 g/mol. The molecule has 2 aromatic rings. The van der Waals surface area contributed by atoms with Crippen LogP contribution in [-0.4, -0.2) is 12.0 Å². The zero-order valence-electron chi connectivity index (χ0n) is 13.8. The van der Waals surface area contributed by atoms with Gasteiger partial charge in [0.25, 0.3) is 5.91 Å². The minimum Gasteiger partial charge on any atom is -0.481 e. The molecule has 0 aromatic heterocycles. The van der Waals surface area contributed by atoms with E-state index in [-0.39, 0.29) is 5.91 Å². The van der Waals surface area contributed by atoms with E-state index in [1.54, 1.807) is 6.92 Å². The molecule has 120 valence electrons. The fourth-order valence-electron chi connectivity index (χ4n) is 2.99. The van der Waals surface area contributed by atoms with Gasteiger partial charge >= 0.3 is 0 Å². The molecule has 0 spiro atoms. The van der Waals surface area contributed by atoms with Crippen molar-refractivity contribution in [3.05, 3.63) is 59.2 Å². The van der Waals surface area contributed by atoms with Gasteiger partial charge in [-0.3, -0.25) is 4.79 Å². The van der Waals surface area contributed by atoms with Crippen LogP contribution in [0.3, 0.4) is 0 Å². The zero-order valence-corrected chi connectivity index (χ0v) is 13.8. The summed E-state index contributed by atoms with van der Waals surface area (Å²) < 4.78 is 5.84. The lowest BCUT2D eigenvalue weighted by molar-refractivity contribution is -0.122. The molecule has 3 rings (SSSR count). The number of anilines is 1. The van der Waals surface area contributed by atoms with Crippen molar-refractivity contribution in [3.8, 4) is 5.75 Å². The van der Waals surface area contributed by atoms with Gasteiger partial charge in [0.05, 0.1) is 0 Å². The highest BCUT2D eigenvalue weighted by molar-refractivity contribution is 5.94. The second-order valence-electron chi connectivity index (χ2n) is 6.20. The zero-order chi connectivity index (χ0) is 16.2. The average Bonchev–Trinajstić information content (AvgIpc) is 2.56. The lowest BCUT2D eigenvalue weighted by Gasteiger charge is -2.19. The predicted octanol–water partition coefficient (Wildman–Crippen LogP) is 4.28. The molecule has 3 nitrogen and oxygen atoms in total. The van der Waals surface area contributed by atoms with E-state index in [2.05, 4.69) is 17.4 Å². The number of carbonyl (C=O) groups is 1. The molecule has 0 bridgehead atoms. The number of rotatable bonds is 4. The van der Waals surface area contributed by atoms with Gasteiger partial charge in [0, 0.05) is 5.69 Å². The number of carbonyl (C=O) groups excluding carboxylic acids is 1. The van der Waals surface area contributed by atoms with Crippen LogP contribution in [0.15, 0.2) is 42.5 Å². The number of ether oxygens (including phenoxy) is 1. The van der Waals surface area contributed by atoms with Crippen molar-refractivity contribution in [1.82, 2.24) is 0 Å². The van der Waals surface area contributed by atoms with Crippen molar-refractivity contribution in [2.75, 3.05) is 5.32 Å². The Kier molecular flexibility index (Phi) is 4.65. The molecular formula is C20H23NO2. The number of amides is 1. The molecule has 0 saturated heterocycles. The summed E-state index contributed by atoms with van der Waals surface area (Å²) in [6.07, 6.45) is 4.23. The summed E-state index contributed by atoms with van der Waals surface area (Å²) in [4.78, 5) is 12.3. The first-order valence-corrected chi connectivity index (χ1v) is 8.28. The van der Waals surface area contributed by atoms with E-state index in [9.17, 15) is 4.79 Å². The van der Waals surface area contributed by atoms with Crippen molar-refractivity contribution in [2.45, 2.75) is 45.6 Å². The molecule has 0 fully saturated rings. The van der Waals surface area contributed by atoms with Crippen molar-refractivity contribution < 1.29 is 9.53 Å². The van der Waals surface area contributed by atoms with Crippen LogP contribution in [0.2, 0.25) is 0 Å². The molecule has 3 heteroatoms. The molecule has 23 heavy (non-hydrogen) atoms. The van der Waals surface area contributed by atoms with E-state index < -0.39 is 6.10 Å². The highest BCUT2D eigenvalue weighted by Crippen LogP contribution is 2.26. The lowest BCUT2D eigenvalue weighted by atomic mass is 9.92. The van der Waals surface area contributed by atoms with Crippen LogP contribution in [0.25, 0.3) is 0 Å². The van der Waals surface area contributed by atoms with Crippen molar-refractivity contribution in [1.29, 1.82) is 0 Å². The summed E-state index contributed by atoms with van der Waals surface area (Å²) in [5.41, 5.74) is 4.65. The Morgan fingerprint density at radius 1 is 1.09 bits per heavy atom. The van der Waals surface area contributed by atoms with Gasteiger partial charge in [0.15, 0.2) is 6.10 Å². The highest BCUT2D eigenvalue weighted by Gasteiger charge is 2.17. The number of hydrogen-bond donors (Lipinski definition) is 1. The first-order chi connectivity index (χ1) is 11.1. The van der Waals surface area contributed by atoms with Crippen LogP contribution in [0.1, 0.15) is 36.5 Å². The Hall–Kier alpha value is -2.29. The lowest BCUT2D eigenvalue weighted by Crippen LogP contribution is -2.30. The molecule has 0 aliphatic heterocycles. The van der Waals surface area contributed by atoms with Crippen LogP contribution in [0, 0.1) is 6.92 Å². The minimum atomic E-state index is -0.531. The van der Waals surface area contributed by atoms with E-state index in [4.69, 9.17) is 4.74 Å². The summed E-state index contributed by atoms with van der Waals surface area (Å²) in [7, 11) is 0. The Morgan fingerprint density at radius 3 is 2.61 bits per heavy atom. The van der Waals surface area contributed by atoms with Gasteiger partial charge in [0.1, 0.15) is 5.75 Å². The van der Waals surface area contributed by atoms with Crippen LogP contribution >= 0.6 is 0 Å². The van der Waals surface area contributed by atoms with E-state index in [1.807, 2.05) is 37.3 Å². The summed E-state index contributed by atoms with van der Waals surface area (Å²) in [5.74, 6) is 0.648. The second-order valence-corrected chi connectivity index (χ2v) is 6.20. The van der Waals surface area contributed by atoms with Crippen molar-refractivity contribution in [3.63, 3.8) is 0 Å². The number of nitrogens with one attached hydrogen (secondary N) is 1. The van der Waals surface area contributed by atoms with Crippen LogP contribution < -0.4 is 10.1 Å². The number of para-hydroxylation sites is 1. The van der Waals surface area contributed by atoms with Gasteiger partial charge in [-0.2, -0.15) is 0 Å². The van der Waals surface area contributed by atoms with E-state index in [1.165, 1.54) is 24.0 Å². The van der Waals surface area contributed by atoms with E-state index in [0.29, 0.717) is 0 Å². The maximum absolute atomic E-state index is 12.3. The fraction of sp³-hybridized carbons (Fsp3) is 0.350. The predicted molar refractivity (Wildman–Crippen MR) is 93.0 cm³/mol. The highest BCUT2D eigenvalue weighted by atomic mass is 16.5. The molecule has 0 heterocycles. The van der Waals surface area contributed by atoms with Crippen LogP contribution in [-0.2, 0) is 17.6 Å². The van der Waals surface area contributed by atoms with Gasteiger partial charge in [-0.05, 0) is 74.4 Å². The van der Waals surface area contributed by atoms with Crippen molar-refractivity contribution >= 4 is 11.6 Å². The Labute approximate surface area is 137 Å². The maximum Gasteiger partial charge on any atom is 0.265 e. The number of aryl methyl sites for hydroxylation is 3. The molecule has 1 aliphatic carbocycles. The molecule has 1 N–H and O–H groups in total. The smallest absolute Gasteiger partial charge is 0.265 e. The maximum atomic E-state index is 12.3. The minimum absolute atomic E-state index is 0.128. The Balaban J connectivity index is 1.65. The Morgan fingerprint density at radius 2 is 1.83 bits per heavy atom. The summed E-state index contributed by atoms with van der Waals surface area (Å²) in [6.45, 7) is 3.76. The normalized spacial score (nSPS) is 14.7. The summed E-state index contributed by atoms with van der Waals surface area (Å²) in [6, 6.07) is 13.9. The van der Waals surface area contributed by atoms with Gasteiger partial charge in [0.2, 0.25) is 0 Å². The van der Waals surface area contributed by atoms with Gasteiger partial charge in [-0.15, -0.1) is 0 Å². The number of hydrogen-bond acceptors (Lipinski definition) is 2. The van der Waals surface area contributed by atoms with E-state index >= 15 is 0 Å². The third-order valence-corrected chi connectivity index (χ3v) is 4.40. The fourth-order valence-corrected chi connectivity index (χ4v) is 2.99. The molecule has 0 radical (unpaired) electrons. The number of benzene rings is 2. The van der Waals surface area contributed by atoms with Gasteiger partial charge < -0.3 is 10.1 Å². The Bertz CT molecular complexity index is 709. The quantitative estimate of drug-likeness (QED) is 0.915. The molecule has 0 unspecified atom stereocenters. The first kappa shape index (κ1) is 15.6. The van der Waals surface area contributed by atoms with E-state index in [0.717, 1.165) is 29.8 Å². The molecular weight excluding hydrogens is 286 g/mol. The summed E-state index contributed by atoms with van der Waals surface area (Å²) >= 11 is 0. The first-order valence-electron chi connectivity index (χ1n) is 8.28. The molecule has 1 aliphatic rings.